The summed E-state index contributed by atoms with van der Waals surface area (Å²) in [6.07, 6.45) is 3.24. The number of benzene rings is 1. The molecule has 0 spiro atoms. The van der Waals surface area contributed by atoms with Crippen LogP contribution in [0, 0.1) is 0 Å². The number of aromatic nitrogens is 2. The smallest absolute Gasteiger partial charge is 0.254 e. The van der Waals surface area contributed by atoms with Crippen molar-refractivity contribution in [2.75, 3.05) is 16.0 Å². The van der Waals surface area contributed by atoms with Crippen LogP contribution in [-0.2, 0) is 4.79 Å². The molecule has 0 bridgehead atoms. The summed E-state index contributed by atoms with van der Waals surface area (Å²) >= 11 is 0. The zero-order valence-electron chi connectivity index (χ0n) is 14.9. The van der Waals surface area contributed by atoms with Gasteiger partial charge in [0.1, 0.15) is 5.82 Å². The van der Waals surface area contributed by atoms with Crippen LogP contribution in [0.4, 0.5) is 23.1 Å². The molecule has 27 heavy (non-hydrogen) atoms. The van der Waals surface area contributed by atoms with Crippen LogP contribution in [0.15, 0.2) is 30.5 Å². The standard InChI is InChI=1S/C18H22N6O3/c1-10(25)21-11-4-2-5-12(8-11)22-18-20-9-13(16(19)27)17(24-18)23-14-6-3-7-15(14)26/h2,4-5,8-9,14-15,26H,3,6-7H2,1H3,(H2,19,27)(H,21,25)(H2,20,22,23,24). The Morgan fingerprint density at radius 1 is 1.26 bits per heavy atom. The zero-order valence-corrected chi connectivity index (χ0v) is 14.9. The summed E-state index contributed by atoms with van der Waals surface area (Å²) < 4.78 is 0. The van der Waals surface area contributed by atoms with Crippen LogP contribution in [0.3, 0.4) is 0 Å². The molecule has 1 fully saturated rings. The summed E-state index contributed by atoms with van der Waals surface area (Å²) in [6.45, 7) is 1.43. The maximum absolute atomic E-state index is 11.7. The molecule has 3 rings (SSSR count). The summed E-state index contributed by atoms with van der Waals surface area (Å²) in [6, 6.07) is 6.89. The van der Waals surface area contributed by atoms with E-state index in [1.54, 1.807) is 24.3 Å². The number of aliphatic hydroxyl groups excluding tert-OH is 1. The maximum atomic E-state index is 11.7. The molecule has 9 nitrogen and oxygen atoms in total. The van der Waals surface area contributed by atoms with E-state index in [9.17, 15) is 14.7 Å². The highest BCUT2D eigenvalue weighted by molar-refractivity contribution is 5.97. The molecule has 9 heteroatoms. The van der Waals surface area contributed by atoms with Crippen molar-refractivity contribution in [2.45, 2.75) is 38.3 Å². The lowest BCUT2D eigenvalue weighted by Crippen LogP contribution is -2.30. The first-order chi connectivity index (χ1) is 12.9. The second-order valence-electron chi connectivity index (χ2n) is 6.46. The minimum absolute atomic E-state index is 0.159. The number of nitrogens with zero attached hydrogens (tertiary/aromatic N) is 2. The summed E-state index contributed by atoms with van der Waals surface area (Å²) in [5.74, 6) is -0.279. The molecule has 1 aliphatic carbocycles. The zero-order chi connectivity index (χ0) is 19.4. The van der Waals surface area contributed by atoms with Gasteiger partial charge in [-0.25, -0.2) is 4.98 Å². The predicted octanol–water partition coefficient (Wildman–Crippen LogP) is 1.60. The highest BCUT2D eigenvalue weighted by Crippen LogP contribution is 2.25. The van der Waals surface area contributed by atoms with Crippen molar-refractivity contribution in [3.8, 4) is 0 Å². The van der Waals surface area contributed by atoms with Gasteiger partial charge in [-0.2, -0.15) is 4.98 Å². The van der Waals surface area contributed by atoms with Gasteiger partial charge in [0.25, 0.3) is 5.91 Å². The first-order valence-electron chi connectivity index (χ1n) is 8.68. The number of hydrogen-bond donors (Lipinski definition) is 5. The number of nitrogens with two attached hydrogens (primary N) is 1. The van der Waals surface area contributed by atoms with Crippen molar-refractivity contribution in [1.82, 2.24) is 9.97 Å². The molecular formula is C18H22N6O3. The number of amides is 2. The fourth-order valence-corrected chi connectivity index (χ4v) is 3.02. The van der Waals surface area contributed by atoms with Gasteiger partial charge in [0.2, 0.25) is 11.9 Å². The van der Waals surface area contributed by atoms with Gasteiger partial charge in [-0.1, -0.05) is 6.07 Å². The number of aliphatic hydroxyl groups is 1. The minimum Gasteiger partial charge on any atom is -0.391 e. The number of carbonyl (C=O) groups excluding carboxylic acids is 2. The van der Waals surface area contributed by atoms with Crippen molar-refractivity contribution in [2.24, 2.45) is 5.73 Å². The first kappa shape index (κ1) is 18.6. The average molecular weight is 370 g/mol. The van der Waals surface area contributed by atoms with Crippen molar-refractivity contribution in [1.29, 1.82) is 0 Å². The van der Waals surface area contributed by atoms with E-state index in [0.717, 1.165) is 12.8 Å². The van der Waals surface area contributed by atoms with Gasteiger partial charge in [-0.15, -0.1) is 0 Å². The highest BCUT2D eigenvalue weighted by atomic mass is 16.3. The summed E-state index contributed by atoms with van der Waals surface area (Å²) in [5, 5.41) is 18.9. The van der Waals surface area contributed by atoms with Gasteiger partial charge in [0.15, 0.2) is 0 Å². The number of anilines is 4. The van der Waals surface area contributed by atoms with Crippen LogP contribution in [0.1, 0.15) is 36.5 Å². The Bertz CT molecular complexity index is 857. The molecule has 6 N–H and O–H groups in total. The molecule has 0 saturated heterocycles. The summed E-state index contributed by atoms with van der Waals surface area (Å²) in [7, 11) is 0. The maximum Gasteiger partial charge on any atom is 0.254 e. The molecule has 1 saturated carbocycles. The second kappa shape index (κ2) is 8.00. The molecule has 2 unspecified atom stereocenters. The predicted molar refractivity (Wildman–Crippen MR) is 102 cm³/mol. The van der Waals surface area contributed by atoms with Crippen molar-refractivity contribution in [3.63, 3.8) is 0 Å². The van der Waals surface area contributed by atoms with Crippen LogP contribution >= 0.6 is 0 Å². The molecule has 1 heterocycles. The van der Waals surface area contributed by atoms with E-state index in [0.29, 0.717) is 17.8 Å². The monoisotopic (exact) mass is 370 g/mol. The number of primary amides is 1. The molecule has 1 aromatic carbocycles. The fourth-order valence-electron chi connectivity index (χ4n) is 3.02. The van der Waals surface area contributed by atoms with E-state index in [2.05, 4.69) is 25.9 Å². The van der Waals surface area contributed by atoms with E-state index in [1.807, 2.05) is 0 Å². The first-order valence-corrected chi connectivity index (χ1v) is 8.68. The van der Waals surface area contributed by atoms with E-state index in [1.165, 1.54) is 13.1 Å². The SMILES string of the molecule is CC(=O)Nc1cccc(Nc2ncc(C(N)=O)c(NC3CCCC3O)n2)c1. The Balaban J connectivity index is 1.82. The number of carbonyl (C=O) groups is 2. The quantitative estimate of drug-likeness (QED) is 0.520. The lowest BCUT2D eigenvalue weighted by Gasteiger charge is -2.19. The molecule has 0 aliphatic heterocycles. The van der Waals surface area contributed by atoms with Crippen LogP contribution < -0.4 is 21.7 Å². The van der Waals surface area contributed by atoms with E-state index >= 15 is 0 Å². The van der Waals surface area contributed by atoms with E-state index < -0.39 is 12.0 Å². The third-order valence-electron chi connectivity index (χ3n) is 4.29. The van der Waals surface area contributed by atoms with Crippen molar-refractivity contribution >= 4 is 35.0 Å². The second-order valence-corrected chi connectivity index (χ2v) is 6.46. The molecule has 142 valence electrons. The van der Waals surface area contributed by atoms with Crippen molar-refractivity contribution < 1.29 is 14.7 Å². The summed E-state index contributed by atoms with van der Waals surface area (Å²) in [4.78, 5) is 31.3. The van der Waals surface area contributed by atoms with Crippen LogP contribution in [0.2, 0.25) is 0 Å². The minimum atomic E-state index is -0.649. The normalized spacial score (nSPS) is 18.7. The molecule has 2 aromatic rings. The third-order valence-corrected chi connectivity index (χ3v) is 4.29. The number of hydrogen-bond acceptors (Lipinski definition) is 7. The molecule has 0 radical (unpaired) electrons. The Hall–Kier alpha value is -3.20. The highest BCUT2D eigenvalue weighted by Gasteiger charge is 2.27. The molecule has 1 aliphatic rings. The van der Waals surface area contributed by atoms with Gasteiger partial charge in [0.05, 0.1) is 17.7 Å². The van der Waals surface area contributed by atoms with Gasteiger partial charge >= 0.3 is 0 Å². The Morgan fingerprint density at radius 2 is 2.04 bits per heavy atom. The van der Waals surface area contributed by atoms with E-state index in [4.69, 9.17) is 5.73 Å². The van der Waals surface area contributed by atoms with Gasteiger partial charge < -0.3 is 26.8 Å². The van der Waals surface area contributed by atoms with Gasteiger partial charge in [-0.05, 0) is 37.5 Å². The molecule has 2 atom stereocenters. The van der Waals surface area contributed by atoms with Crippen molar-refractivity contribution in [3.05, 3.63) is 36.0 Å². The molecule has 2 amide bonds. The Kier molecular flexibility index (Phi) is 5.51. The van der Waals surface area contributed by atoms with Gasteiger partial charge in [0, 0.05) is 24.5 Å². The lowest BCUT2D eigenvalue weighted by atomic mass is 10.2. The number of nitrogens with one attached hydrogen (secondary N) is 3. The van der Waals surface area contributed by atoms with Crippen LogP contribution in [-0.4, -0.2) is 39.0 Å². The summed E-state index contributed by atoms with van der Waals surface area (Å²) in [5.41, 5.74) is 6.87. The molecule has 1 aromatic heterocycles. The average Bonchev–Trinajstić information content (AvgIpc) is 2.99. The fraction of sp³-hybridized carbons (Fsp3) is 0.333. The third kappa shape index (κ3) is 4.70. The van der Waals surface area contributed by atoms with Crippen LogP contribution in [0.5, 0.6) is 0 Å². The topological polar surface area (TPSA) is 142 Å². The number of rotatable bonds is 6. The van der Waals surface area contributed by atoms with Gasteiger partial charge in [-0.3, -0.25) is 9.59 Å². The van der Waals surface area contributed by atoms with E-state index in [-0.39, 0.29) is 29.3 Å². The van der Waals surface area contributed by atoms with Crippen LogP contribution in [0.25, 0.3) is 0 Å². The molecular weight excluding hydrogens is 348 g/mol. The Labute approximate surface area is 156 Å². The lowest BCUT2D eigenvalue weighted by molar-refractivity contribution is -0.114. The largest absolute Gasteiger partial charge is 0.391 e. The Morgan fingerprint density at radius 3 is 2.70 bits per heavy atom.